The molecule has 0 bridgehead atoms. The highest BCUT2D eigenvalue weighted by molar-refractivity contribution is 7.92. The molecule has 0 aliphatic carbocycles. The van der Waals surface area contributed by atoms with Gasteiger partial charge in [0.25, 0.3) is 0 Å². The van der Waals surface area contributed by atoms with Crippen molar-refractivity contribution >= 4 is 62.3 Å². The second-order valence-corrected chi connectivity index (χ2v) is 11.7. The first kappa shape index (κ1) is 32.0. The number of nitrogens with one attached hydrogen (secondary N) is 1. The molecule has 2 rings (SSSR count). The molecule has 210 valence electrons. The number of sulfonamides is 1. The topological polar surface area (TPSA) is 86.8 Å². The molecule has 0 aliphatic rings. The molecular weight excluding hydrogens is 590 g/mol. The largest absolute Gasteiger partial charge is 0.417 e. The molecule has 0 fully saturated rings. The predicted molar refractivity (Wildman–Crippen MR) is 143 cm³/mol. The third kappa shape index (κ3) is 8.65. The van der Waals surface area contributed by atoms with E-state index in [0.29, 0.717) is 28.9 Å². The Kier molecular flexibility index (Phi) is 11.1. The fourth-order valence-electron chi connectivity index (χ4n) is 3.45. The molecule has 1 unspecified atom stereocenters. The first-order chi connectivity index (χ1) is 17.6. The lowest BCUT2D eigenvalue weighted by atomic mass is 10.1. The standard InChI is InChI=1S/C24H27Cl3F3N3O4S/c1-4-5-10-31-23(35)15(2)32(13-16-6-8-20(26)21(27)11-16)22(34)14-33(38(3,36)37)17-7-9-19(25)18(12-17)24(28,29)30/h6-9,11-12,15H,4-5,10,13-14H2,1-3H3,(H,31,35). The van der Waals surface area contributed by atoms with Crippen molar-refractivity contribution in [2.45, 2.75) is 45.5 Å². The summed E-state index contributed by atoms with van der Waals surface area (Å²) in [6.07, 6.45) is -2.57. The molecule has 0 saturated carbocycles. The van der Waals surface area contributed by atoms with Gasteiger partial charge < -0.3 is 10.2 Å². The van der Waals surface area contributed by atoms with Crippen molar-refractivity contribution in [2.75, 3.05) is 23.7 Å². The van der Waals surface area contributed by atoms with E-state index in [9.17, 15) is 31.2 Å². The van der Waals surface area contributed by atoms with Crippen molar-refractivity contribution in [1.29, 1.82) is 0 Å². The molecule has 38 heavy (non-hydrogen) atoms. The van der Waals surface area contributed by atoms with E-state index < -0.39 is 56.9 Å². The summed E-state index contributed by atoms with van der Waals surface area (Å²) in [7, 11) is -4.23. The van der Waals surface area contributed by atoms with Gasteiger partial charge in [-0.15, -0.1) is 0 Å². The Morgan fingerprint density at radius 2 is 1.66 bits per heavy atom. The number of alkyl halides is 3. The summed E-state index contributed by atoms with van der Waals surface area (Å²) in [5.41, 5.74) is -1.17. The second-order valence-electron chi connectivity index (χ2n) is 8.52. The lowest BCUT2D eigenvalue weighted by Crippen LogP contribution is -2.51. The monoisotopic (exact) mass is 615 g/mol. The smallest absolute Gasteiger partial charge is 0.354 e. The fraction of sp³-hybridized carbons (Fsp3) is 0.417. The van der Waals surface area contributed by atoms with Crippen LogP contribution in [0.5, 0.6) is 0 Å². The van der Waals surface area contributed by atoms with Gasteiger partial charge in [0.2, 0.25) is 21.8 Å². The van der Waals surface area contributed by atoms with Gasteiger partial charge in [-0.1, -0.05) is 54.2 Å². The summed E-state index contributed by atoms with van der Waals surface area (Å²) in [6, 6.07) is 6.06. The number of benzene rings is 2. The highest BCUT2D eigenvalue weighted by Gasteiger charge is 2.35. The van der Waals surface area contributed by atoms with Gasteiger partial charge in [0.1, 0.15) is 12.6 Å². The molecule has 2 aromatic carbocycles. The quantitative estimate of drug-likeness (QED) is 0.325. The third-order valence-electron chi connectivity index (χ3n) is 5.56. The van der Waals surface area contributed by atoms with E-state index in [1.165, 1.54) is 19.1 Å². The first-order valence-electron chi connectivity index (χ1n) is 11.4. The number of hydrogen-bond donors (Lipinski definition) is 1. The molecule has 0 spiro atoms. The van der Waals surface area contributed by atoms with Crippen LogP contribution in [0, 0.1) is 0 Å². The molecule has 0 aliphatic heterocycles. The van der Waals surface area contributed by atoms with Crippen LogP contribution in [0.15, 0.2) is 36.4 Å². The summed E-state index contributed by atoms with van der Waals surface area (Å²) in [4.78, 5) is 27.4. The molecule has 0 radical (unpaired) electrons. The summed E-state index contributed by atoms with van der Waals surface area (Å²) >= 11 is 17.7. The summed E-state index contributed by atoms with van der Waals surface area (Å²) in [5, 5.41) is 2.57. The Morgan fingerprint density at radius 1 is 1.03 bits per heavy atom. The van der Waals surface area contributed by atoms with E-state index in [0.717, 1.165) is 29.7 Å². The van der Waals surface area contributed by atoms with Crippen LogP contribution < -0.4 is 9.62 Å². The molecule has 14 heteroatoms. The first-order valence-corrected chi connectivity index (χ1v) is 14.4. The highest BCUT2D eigenvalue weighted by atomic mass is 35.5. The third-order valence-corrected chi connectivity index (χ3v) is 7.77. The lowest BCUT2D eigenvalue weighted by molar-refractivity contribution is -0.139. The number of carbonyl (C=O) groups excluding carboxylic acids is 2. The van der Waals surface area contributed by atoms with Crippen molar-refractivity contribution in [2.24, 2.45) is 0 Å². The summed E-state index contributed by atoms with van der Waals surface area (Å²) < 4.78 is 65.9. The fourth-order valence-corrected chi connectivity index (χ4v) is 4.84. The van der Waals surface area contributed by atoms with E-state index in [1.807, 2.05) is 6.92 Å². The maximum absolute atomic E-state index is 13.5. The molecule has 2 aromatic rings. The van der Waals surface area contributed by atoms with Crippen LogP contribution in [0.25, 0.3) is 0 Å². The number of nitrogens with zero attached hydrogens (tertiary/aromatic N) is 2. The lowest BCUT2D eigenvalue weighted by Gasteiger charge is -2.31. The minimum absolute atomic E-state index is 0.149. The zero-order chi connectivity index (χ0) is 28.8. The van der Waals surface area contributed by atoms with Gasteiger partial charge in [0, 0.05) is 13.1 Å². The Bertz CT molecular complexity index is 1280. The molecule has 1 N–H and O–H groups in total. The molecular formula is C24H27Cl3F3N3O4S. The average molecular weight is 617 g/mol. The van der Waals surface area contributed by atoms with E-state index in [4.69, 9.17) is 34.8 Å². The Labute approximate surface area is 234 Å². The molecule has 2 amide bonds. The van der Waals surface area contributed by atoms with Crippen LogP contribution in [-0.2, 0) is 32.3 Å². The zero-order valence-electron chi connectivity index (χ0n) is 20.8. The predicted octanol–water partition coefficient (Wildman–Crippen LogP) is 5.77. The van der Waals surface area contributed by atoms with Crippen LogP contribution in [-0.4, -0.2) is 50.5 Å². The molecule has 1 atom stereocenters. The van der Waals surface area contributed by atoms with E-state index in [2.05, 4.69) is 5.32 Å². The van der Waals surface area contributed by atoms with E-state index >= 15 is 0 Å². The highest BCUT2D eigenvalue weighted by Crippen LogP contribution is 2.37. The van der Waals surface area contributed by atoms with Gasteiger partial charge in [0.05, 0.1) is 32.6 Å². The van der Waals surface area contributed by atoms with Crippen LogP contribution in [0.1, 0.15) is 37.8 Å². The van der Waals surface area contributed by atoms with Gasteiger partial charge in [-0.3, -0.25) is 13.9 Å². The van der Waals surface area contributed by atoms with Crippen molar-refractivity contribution in [1.82, 2.24) is 10.2 Å². The minimum Gasteiger partial charge on any atom is -0.354 e. The number of unbranched alkanes of at least 4 members (excludes halogenated alkanes) is 1. The van der Waals surface area contributed by atoms with Crippen LogP contribution in [0.3, 0.4) is 0 Å². The second kappa shape index (κ2) is 13.2. The number of hydrogen-bond acceptors (Lipinski definition) is 4. The normalized spacial score (nSPS) is 12.7. The number of rotatable bonds is 11. The molecule has 0 aromatic heterocycles. The van der Waals surface area contributed by atoms with Crippen molar-refractivity contribution in [3.63, 3.8) is 0 Å². The number of carbonyl (C=O) groups is 2. The maximum atomic E-state index is 13.5. The Hall–Kier alpha value is -2.21. The number of halogens is 6. The molecule has 0 saturated heterocycles. The Morgan fingerprint density at radius 3 is 2.21 bits per heavy atom. The van der Waals surface area contributed by atoms with Crippen LogP contribution in [0.2, 0.25) is 15.1 Å². The van der Waals surface area contributed by atoms with Gasteiger partial charge in [-0.2, -0.15) is 13.2 Å². The zero-order valence-corrected chi connectivity index (χ0v) is 23.9. The minimum atomic E-state index is -4.86. The SMILES string of the molecule is CCCCNC(=O)C(C)N(Cc1ccc(Cl)c(Cl)c1)C(=O)CN(c1ccc(Cl)c(C(F)(F)F)c1)S(C)(=O)=O. The number of amides is 2. The summed E-state index contributed by atoms with van der Waals surface area (Å²) in [6.45, 7) is 2.76. The molecule has 0 heterocycles. The maximum Gasteiger partial charge on any atom is 0.417 e. The van der Waals surface area contributed by atoms with E-state index in [1.54, 1.807) is 6.07 Å². The Balaban J connectivity index is 2.46. The van der Waals surface area contributed by atoms with Crippen molar-refractivity contribution in [3.8, 4) is 0 Å². The molecule has 7 nitrogen and oxygen atoms in total. The van der Waals surface area contributed by atoms with Gasteiger partial charge in [-0.25, -0.2) is 8.42 Å². The van der Waals surface area contributed by atoms with Crippen LogP contribution in [0.4, 0.5) is 18.9 Å². The van der Waals surface area contributed by atoms with Gasteiger partial charge >= 0.3 is 6.18 Å². The average Bonchev–Trinajstić information content (AvgIpc) is 2.81. The van der Waals surface area contributed by atoms with Crippen LogP contribution >= 0.6 is 34.8 Å². The van der Waals surface area contributed by atoms with Gasteiger partial charge in [-0.05, 0) is 49.2 Å². The van der Waals surface area contributed by atoms with Crippen molar-refractivity contribution < 1.29 is 31.2 Å². The van der Waals surface area contributed by atoms with E-state index in [-0.39, 0.29) is 16.6 Å². The number of anilines is 1. The van der Waals surface area contributed by atoms with Crippen molar-refractivity contribution in [3.05, 3.63) is 62.6 Å². The summed E-state index contributed by atoms with van der Waals surface area (Å²) in [5.74, 6) is -1.31. The van der Waals surface area contributed by atoms with Gasteiger partial charge in [0.15, 0.2) is 0 Å².